The van der Waals surface area contributed by atoms with E-state index in [1.165, 1.54) is 35.9 Å². The van der Waals surface area contributed by atoms with Gasteiger partial charge < -0.3 is 15.2 Å². The number of aromatic amines is 1. The first kappa shape index (κ1) is 19.6. The number of carbonyl (C=O) groups excluding carboxylic acids is 1. The average molecular weight is 360 g/mol. The van der Waals surface area contributed by atoms with Crippen LogP contribution in [0.2, 0.25) is 0 Å². The van der Waals surface area contributed by atoms with Crippen LogP contribution >= 0.6 is 23.5 Å². The molecule has 0 aliphatic rings. The van der Waals surface area contributed by atoms with Crippen LogP contribution in [-0.2, 0) is 9.59 Å². The van der Waals surface area contributed by atoms with Crippen molar-refractivity contribution in [1.29, 1.82) is 0 Å². The lowest BCUT2D eigenvalue weighted by Gasteiger charge is -2.28. The normalized spacial score (nSPS) is 12.8. The molecule has 3 N–H and O–H groups in total. The molecule has 0 radical (unpaired) electrons. The van der Waals surface area contributed by atoms with Crippen molar-refractivity contribution in [2.45, 2.75) is 24.5 Å². The maximum Gasteiger partial charge on any atom is 0.321 e. The van der Waals surface area contributed by atoms with E-state index < -0.39 is 22.6 Å². The molecule has 0 aliphatic heterocycles. The molecule has 7 nitrogen and oxygen atoms in total. The second-order valence-corrected chi connectivity index (χ2v) is 7.19. The summed E-state index contributed by atoms with van der Waals surface area (Å²) in [5, 5.41) is 18.5. The highest BCUT2D eigenvalue weighted by molar-refractivity contribution is 7.99. The van der Waals surface area contributed by atoms with Gasteiger partial charge in [0, 0.05) is 24.1 Å². The number of aliphatic carboxylic acids is 2. The lowest BCUT2D eigenvalue weighted by molar-refractivity contribution is -0.165. The minimum Gasteiger partial charge on any atom is -0.480 e. The van der Waals surface area contributed by atoms with Crippen molar-refractivity contribution in [2.24, 2.45) is 5.41 Å². The zero-order valence-corrected chi connectivity index (χ0v) is 14.6. The molecule has 1 aromatic rings. The van der Waals surface area contributed by atoms with Gasteiger partial charge in [-0.1, -0.05) is 0 Å². The minimum atomic E-state index is -1.87. The number of nitrogens with zero attached hydrogens (tertiary/aromatic N) is 1. The molecule has 128 valence electrons. The van der Waals surface area contributed by atoms with E-state index in [4.69, 9.17) is 0 Å². The zero-order valence-electron chi connectivity index (χ0n) is 12.9. The van der Waals surface area contributed by atoms with Crippen molar-refractivity contribution in [3.8, 4) is 0 Å². The molecule has 1 unspecified atom stereocenters. The van der Waals surface area contributed by atoms with Crippen LogP contribution in [0.15, 0.2) is 12.4 Å². The third-order valence-electron chi connectivity index (χ3n) is 3.64. The second kappa shape index (κ2) is 8.97. The molecule has 0 amide bonds. The fraction of sp³-hybridized carbons (Fsp3) is 0.571. The van der Waals surface area contributed by atoms with Gasteiger partial charge in [-0.2, -0.15) is 23.5 Å². The van der Waals surface area contributed by atoms with Gasteiger partial charge in [0.2, 0.25) is 0 Å². The number of hydrogen-bond donors (Lipinski definition) is 3. The molecule has 1 aromatic heterocycles. The Hall–Kier alpha value is -1.48. The first-order chi connectivity index (χ1) is 10.9. The van der Waals surface area contributed by atoms with Crippen LogP contribution in [0.5, 0.6) is 0 Å². The smallest absolute Gasteiger partial charge is 0.321 e. The van der Waals surface area contributed by atoms with E-state index >= 15 is 0 Å². The number of nitrogens with one attached hydrogen (secondary N) is 1. The van der Waals surface area contributed by atoms with E-state index in [-0.39, 0.29) is 30.9 Å². The van der Waals surface area contributed by atoms with Crippen molar-refractivity contribution >= 4 is 41.2 Å². The fourth-order valence-corrected chi connectivity index (χ4v) is 3.53. The van der Waals surface area contributed by atoms with Gasteiger partial charge in [0.25, 0.3) is 0 Å². The first-order valence-corrected chi connectivity index (χ1v) is 9.56. The summed E-state index contributed by atoms with van der Waals surface area (Å²) in [6, 6.07) is 0. The third-order valence-corrected chi connectivity index (χ3v) is 5.25. The van der Waals surface area contributed by atoms with E-state index in [0.29, 0.717) is 5.75 Å². The minimum absolute atomic E-state index is 0.0187. The average Bonchev–Trinajstić information content (AvgIpc) is 3.04. The van der Waals surface area contributed by atoms with E-state index in [9.17, 15) is 24.6 Å². The van der Waals surface area contributed by atoms with Gasteiger partial charge in [-0.15, -0.1) is 0 Å². The number of carboxylic acid groups (broad SMARTS) is 2. The molecule has 0 aliphatic carbocycles. The molecule has 0 spiro atoms. The summed E-state index contributed by atoms with van der Waals surface area (Å²) in [5.41, 5.74) is -1.87. The highest BCUT2D eigenvalue weighted by atomic mass is 32.2. The highest BCUT2D eigenvalue weighted by Gasteiger charge is 2.47. The molecule has 0 saturated carbocycles. The number of carbonyl (C=O) groups is 3. The molecule has 1 heterocycles. The van der Waals surface area contributed by atoms with Crippen molar-refractivity contribution in [1.82, 2.24) is 9.97 Å². The standard InChI is InChI=1S/C14H20N2O5S2/c1-22-6-3-14(12(18)19,13(20)21)8-9(23-2)7-10(17)11-15-4-5-16-11/h4-5,9H,3,6-8H2,1-2H3,(H,15,16)(H,18,19)(H,20,21). The molecule has 0 bridgehead atoms. The molecule has 0 aromatic carbocycles. The Kier molecular flexibility index (Phi) is 7.63. The summed E-state index contributed by atoms with van der Waals surface area (Å²) in [7, 11) is 0. The largest absolute Gasteiger partial charge is 0.480 e. The van der Waals surface area contributed by atoms with Crippen LogP contribution in [-0.4, -0.2) is 61.4 Å². The first-order valence-electron chi connectivity index (χ1n) is 6.88. The summed E-state index contributed by atoms with van der Waals surface area (Å²) in [5.74, 6) is -2.35. The quantitative estimate of drug-likeness (QED) is 0.405. The summed E-state index contributed by atoms with van der Waals surface area (Å²) in [4.78, 5) is 41.9. The molecule has 0 saturated heterocycles. The Labute approximate surface area is 142 Å². The maximum absolute atomic E-state index is 12.1. The number of aromatic nitrogens is 2. The van der Waals surface area contributed by atoms with Crippen LogP contribution in [0.4, 0.5) is 0 Å². The lowest BCUT2D eigenvalue weighted by atomic mass is 9.79. The Bertz CT molecular complexity index is 533. The van der Waals surface area contributed by atoms with E-state index in [1.807, 2.05) is 0 Å². The molecule has 23 heavy (non-hydrogen) atoms. The third kappa shape index (κ3) is 5.00. The molecular weight excluding hydrogens is 340 g/mol. The van der Waals surface area contributed by atoms with Gasteiger partial charge in [0.1, 0.15) is 0 Å². The van der Waals surface area contributed by atoms with Crippen molar-refractivity contribution in [3.63, 3.8) is 0 Å². The summed E-state index contributed by atoms with van der Waals surface area (Å²) < 4.78 is 0. The fourth-order valence-electron chi connectivity index (χ4n) is 2.21. The molecule has 1 atom stereocenters. The molecule has 9 heteroatoms. The molecule has 0 fully saturated rings. The number of H-pyrrole nitrogens is 1. The monoisotopic (exact) mass is 360 g/mol. The van der Waals surface area contributed by atoms with Crippen molar-refractivity contribution in [2.75, 3.05) is 18.3 Å². The predicted molar refractivity (Wildman–Crippen MR) is 90.2 cm³/mol. The van der Waals surface area contributed by atoms with Gasteiger partial charge in [0.15, 0.2) is 17.0 Å². The van der Waals surface area contributed by atoms with Gasteiger partial charge in [0.05, 0.1) is 0 Å². The topological polar surface area (TPSA) is 120 Å². The number of ketones is 1. The van der Waals surface area contributed by atoms with Crippen LogP contribution in [0.1, 0.15) is 29.9 Å². The summed E-state index contributed by atoms with van der Waals surface area (Å²) in [6.45, 7) is 0. The van der Waals surface area contributed by atoms with Crippen LogP contribution in [0, 0.1) is 5.41 Å². The van der Waals surface area contributed by atoms with E-state index in [2.05, 4.69) is 9.97 Å². The Balaban J connectivity index is 2.91. The van der Waals surface area contributed by atoms with Crippen LogP contribution < -0.4 is 0 Å². The Morgan fingerprint density at radius 1 is 1.30 bits per heavy atom. The van der Waals surface area contributed by atoms with E-state index in [0.717, 1.165) is 0 Å². The maximum atomic E-state index is 12.1. The van der Waals surface area contributed by atoms with Gasteiger partial charge in [-0.05, 0) is 31.1 Å². The SMILES string of the molecule is CSCCC(CC(CC(=O)c1ncc[nH]1)SC)(C(=O)O)C(=O)O. The van der Waals surface area contributed by atoms with Gasteiger partial charge in [-0.3, -0.25) is 14.4 Å². The predicted octanol–water partition coefficient (Wildman–Crippen LogP) is 2.01. The number of hydrogen-bond acceptors (Lipinski definition) is 6. The number of imidazole rings is 1. The summed E-state index contributed by atoms with van der Waals surface area (Å²) >= 11 is 2.69. The van der Waals surface area contributed by atoms with Gasteiger partial charge in [-0.25, -0.2) is 4.98 Å². The molecular formula is C14H20N2O5S2. The zero-order chi connectivity index (χ0) is 17.5. The Morgan fingerprint density at radius 2 is 1.96 bits per heavy atom. The number of carboxylic acids is 2. The van der Waals surface area contributed by atoms with Crippen LogP contribution in [0.25, 0.3) is 0 Å². The van der Waals surface area contributed by atoms with Crippen molar-refractivity contribution < 1.29 is 24.6 Å². The van der Waals surface area contributed by atoms with Gasteiger partial charge >= 0.3 is 11.9 Å². The number of rotatable bonds is 11. The van der Waals surface area contributed by atoms with E-state index in [1.54, 1.807) is 12.5 Å². The summed E-state index contributed by atoms with van der Waals surface area (Å²) in [6.07, 6.45) is 6.47. The van der Waals surface area contributed by atoms with Crippen LogP contribution in [0.3, 0.4) is 0 Å². The highest BCUT2D eigenvalue weighted by Crippen LogP contribution is 2.35. The number of thioether (sulfide) groups is 2. The number of Topliss-reactive ketones (excluding diaryl/α,β-unsaturated/α-hetero) is 1. The van der Waals surface area contributed by atoms with Crippen molar-refractivity contribution in [3.05, 3.63) is 18.2 Å². The molecule has 1 rings (SSSR count). The Morgan fingerprint density at radius 3 is 2.39 bits per heavy atom. The second-order valence-electron chi connectivity index (χ2n) is 5.06. The lowest BCUT2D eigenvalue weighted by Crippen LogP contribution is -2.42.